The third-order valence-electron chi connectivity index (χ3n) is 3.07. The third kappa shape index (κ3) is 4.23. The Labute approximate surface area is 133 Å². The Morgan fingerprint density at radius 1 is 1.00 bits per heavy atom. The number of hydrogen-bond donors (Lipinski definition) is 2. The number of amides is 3. The highest BCUT2D eigenvalue weighted by atomic mass is 35.5. The molecule has 3 amide bonds. The number of nitrogens with zero attached hydrogens (tertiary/aromatic N) is 1. The molecule has 0 radical (unpaired) electrons. The number of rotatable bonds is 3. The molecule has 2 aromatic carbocycles. The first-order valence-corrected chi connectivity index (χ1v) is 7.01. The lowest BCUT2D eigenvalue weighted by atomic mass is 10.2. The van der Waals surface area contributed by atoms with Gasteiger partial charge in [0.1, 0.15) is 0 Å². The summed E-state index contributed by atoms with van der Waals surface area (Å²) in [5.41, 5.74) is 1.99. The molecule has 6 heteroatoms. The van der Waals surface area contributed by atoms with Crippen molar-refractivity contribution in [3.8, 4) is 0 Å². The molecule has 0 aromatic heterocycles. The van der Waals surface area contributed by atoms with E-state index in [2.05, 4.69) is 10.6 Å². The first kappa shape index (κ1) is 15.9. The maximum Gasteiger partial charge on any atom is 0.323 e. The average Bonchev–Trinajstić information content (AvgIpc) is 2.47. The molecule has 0 aliphatic carbocycles. The second-order valence-electron chi connectivity index (χ2n) is 4.71. The van der Waals surface area contributed by atoms with Crippen molar-refractivity contribution in [2.45, 2.75) is 6.92 Å². The first-order valence-electron chi connectivity index (χ1n) is 6.63. The van der Waals surface area contributed by atoms with Gasteiger partial charge in [-0.1, -0.05) is 17.7 Å². The molecule has 0 heterocycles. The van der Waals surface area contributed by atoms with Gasteiger partial charge in [0, 0.05) is 36.1 Å². The number of carbonyl (C=O) groups excluding carboxylic acids is 2. The molecule has 0 atom stereocenters. The molecule has 22 heavy (non-hydrogen) atoms. The molecule has 114 valence electrons. The van der Waals surface area contributed by atoms with E-state index in [-0.39, 0.29) is 11.9 Å². The van der Waals surface area contributed by atoms with Crippen LogP contribution in [0.3, 0.4) is 0 Å². The van der Waals surface area contributed by atoms with Gasteiger partial charge < -0.3 is 15.5 Å². The minimum absolute atomic E-state index is 0.0561. The topological polar surface area (TPSA) is 61.4 Å². The highest BCUT2D eigenvalue weighted by Gasteiger charge is 2.06. The monoisotopic (exact) mass is 317 g/mol. The quantitative estimate of drug-likeness (QED) is 0.900. The van der Waals surface area contributed by atoms with Crippen molar-refractivity contribution >= 4 is 40.6 Å². The van der Waals surface area contributed by atoms with Crippen LogP contribution in [-0.4, -0.2) is 19.0 Å². The van der Waals surface area contributed by atoms with Crippen LogP contribution in [0.25, 0.3) is 0 Å². The van der Waals surface area contributed by atoms with E-state index in [4.69, 9.17) is 11.6 Å². The molecule has 2 rings (SSSR count). The van der Waals surface area contributed by atoms with Crippen molar-refractivity contribution in [3.63, 3.8) is 0 Å². The van der Waals surface area contributed by atoms with Crippen LogP contribution in [0.5, 0.6) is 0 Å². The van der Waals surface area contributed by atoms with Crippen LogP contribution in [-0.2, 0) is 4.79 Å². The van der Waals surface area contributed by atoms with Crippen LogP contribution in [0.2, 0.25) is 5.02 Å². The molecule has 0 saturated heterocycles. The summed E-state index contributed by atoms with van der Waals surface area (Å²) in [6.07, 6.45) is 0. The van der Waals surface area contributed by atoms with E-state index in [1.54, 1.807) is 55.6 Å². The molecule has 0 aliphatic heterocycles. The second kappa shape index (κ2) is 6.95. The number of carbonyl (C=O) groups is 2. The summed E-state index contributed by atoms with van der Waals surface area (Å²) in [5.74, 6) is -0.0561. The third-order valence-corrected chi connectivity index (χ3v) is 3.30. The van der Waals surface area contributed by atoms with Crippen molar-refractivity contribution in [2.75, 3.05) is 22.6 Å². The van der Waals surface area contributed by atoms with Gasteiger partial charge in [0.15, 0.2) is 0 Å². The van der Waals surface area contributed by atoms with E-state index in [0.29, 0.717) is 16.4 Å². The summed E-state index contributed by atoms with van der Waals surface area (Å²) in [7, 11) is 1.69. The van der Waals surface area contributed by atoms with Gasteiger partial charge in [-0.25, -0.2) is 4.79 Å². The maximum atomic E-state index is 11.9. The van der Waals surface area contributed by atoms with E-state index in [9.17, 15) is 9.59 Å². The number of hydrogen-bond acceptors (Lipinski definition) is 2. The van der Waals surface area contributed by atoms with Crippen molar-refractivity contribution < 1.29 is 9.59 Å². The lowest BCUT2D eigenvalue weighted by Gasteiger charge is -2.15. The Balaban J connectivity index is 1.98. The fourth-order valence-electron chi connectivity index (χ4n) is 1.81. The summed E-state index contributed by atoms with van der Waals surface area (Å²) < 4.78 is 0. The van der Waals surface area contributed by atoms with E-state index in [0.717, 1.165) is 5.69 Å². The van der Waals surface area contributed by atoms with E-state index >= 15 is 0 Å². The minimum atomic E-state index is -0.366. The van der Waals surface area contributed by atoms with Gasteiger partial charge >= 0.3 is 6.03 Å². The zero-order valence-electron chi connectivity index (χ0n) is 12.3. The van der Waals surface area contributed by atoms with Gasteiger partial charge in [-0.3, -0.25) is 4.79 Å². The van der Waals surface area contributed by atoms with Gasteiger partial charge in [0.25, 0.3) is 0 Å². The van der Waals surface area contributed by atoms with Crippen molar-refractivity contribution in [1.29, 1.82) is 0 Å². The Hall–Kier alpha value is -2.53. The second-order valence-corrected chi connectivity index (χ2v) is 5.15. The highest BCUT2D eigenvalue weighted by molar-refractivity contribution is 6.30. The van der Waals surface area contributed by atoms with Crippen LogP contribution < -0.4 is 15.5 Å². The van der Waals surface area contributed by atoms with Crippen LogP contribution in [0.15, 0.2) is 48.5 Å². The fraction of sp³-hybridized carbons (Fsp3) is 0.125. The molecule has 2 aromatic rings. The van der Waals surface area contributed by atoms with Gasteiger partial charge in [0.2, 0.25) is 5.91 Å². The van der Waals surface area contributed by atoms with Crippen LogP contribution in [0, 0.1) is 0 Å². The molecule has 0 spiro atoms. The molecular formula is C16H16ClN3O2. The molecule has 5 nitrogen and oxygen atoms in total. The molecule has 2 N–H and O–H groups in total. The Morgan fingerprint density at radius 2 is 1.64 bits per heavy atom. The number of urea groups is 1. The van der Waals surface area contributed by atoms with Crippen molar-refractivity contribution in [1.82, 2.24) is 0 Å². The Morgan fingerprint density at radius 3 is 2.23 bits per heavy atom. The van der Waals surface area contributed by atoms with Crippen LogP contribution >= 0.6 is 11.6 Å². The summed E-state index contributed by atoms with van der Waals surface area (Å²) >= 11 is 5.86. The maximum absolute atomic E-state index is 11.9. The summed E-state index contributed by atoms with van der Waals surface area (Å²) in [6.45, 7) is 1.49. The largest absolute Gasteiger partial charge is 0.323 e. The predicted molar refractivity (Wildman–Crippen MR) is 89.6 cm³/mol. The predicted octanol–water partition coefficient (Wildman–Crippen LogP) is 3.97. The molecule has 0 saturated carbocycles. The molecule has 0 fully saturated rings. The smallest absolute Gasteiger partial charge is 0.316 e. The molecular weight excluding hydrogens is 302 g/mol. The van der Waals surface area contributed by atoms with Gasteiger partial charge in [0.05, 0.1) is 0 Å². The SMILES string of the molecule is CC(=O)N(C)c1ccc(NC(=O)Nc2cccc(Cl)c2)cc1. The lowest BCUT2D eigenvalue weighted by molar-refractivity contribution is -0.116. The number of nitrogens with one attached hydrogen (secondary N) is 2. The lowest BCUT2D eigenvalue weighted by Crippen LogP contribution is -2.23. The van der Waals surface area contributed by atoms with Crippen molar-refractivity contribution in [2.24, 2.45) is 0 Å². The molecule has 0 aliphatic rings. The van der Waals surface area contributed by atoms with E-state index in [1.807, 2.05) is 0 Å². The summed E-state index contributed by atoms with van der Waals surface area (Å²) in [6, 6.07) is 13.5. The van der Waals surface area contributed by atoms with Crippen LogP contribution in [0.4, 0.5) is 21.9 Å². The minimum Gasteiger partial charge on any atom is -0.316 e. The number of benzene rings is 2. The van der Waals surface area contributed by atoms with Gasteiger partial charge in [-0.2, -0.15) is 0 Å². The number of anilines is 3. The Bertz CT molecular complexity index is 686. The van der Waals surface area contributed by atoms with Gasteiger partial charge in [-0.05, 0) is 42.5 Å². The highest BCUT2D eigenvalue weighted by Crippen LogP contribution is 2.18. The van der Waals surface area contributed by atoms with Crippen molar-refractivity contribution in [3.05, 3.63) is 53.6 Å². The zero-order chi connectivity index (χ0) is 16.1. The zero-order valence-corrected chi connectivity index (χ0v) is 13.0. The summed E-state index contributed by atoms with van der Waals surface area (Å²) in [4.78, 5) is 24.7. The fourth-order valence-corrected chi connectivity index (χ4v) is 2.00. The normalized spacial score (nSPS) is 9.95. The number of halogens is 1. The Kier molecular flexibility index (Phi) is 5.01. The van der Waals surface area contributed by atoms with Gasteiger partial charge in [-0.15, -0.1) is 0 Å². The van der Waals surface area contributed by atoms with E-state index < -0.39 is 0 Å². The van der Waals surface area contributed by atoms with E-state index in [1.165, 1.54) is 11.8 Å². The first-order chi connectivity index (χ1) is 10.5. The molecule has 0 unspecified atom stereocenters. The summed E-state index contributed by atoms with van der Waals surface area (Å²) in [5, 5.41) is 5.95. The van der Waals surface area contributed by atoms with Crippen LogP contribution in [0.1, 0.15) is 6.92 Å². The molecule has 0 bridgehead atoms. The average molecular weight is 318 g/mol. The standard InChI is InChI=1S/C16H16ClN3O2/c1-11(21)20(2)15-8-6-13(7-9-15)18-16(22)19-14-5-3-4-12(17)10-14/h3-10H,1-2H3,(H2,18,19,22).